The van der Waals surface area contributed by atoms with Gasteiger partial charge in [0.25, 0.3) is 0 Å². The summed E-state index contributed by atoms with van der Waals surface area (Å²) in [5, 5.41) is 10.7. The van der Waals surface area contributed by atoms with Crippen LogP contribution in [0.15, 0.2) is 0 Å². The van der Waals surface area contributed by atoms with Crippen molar-refractivity contribution in [2.45, 2.75) is 459 Å². The molecule has 0 spiro atoms. The molecule has 3 N–H and O–H groups in total. The summed E-state index contributed by atoms with van der Waals surface area (Å²) in [5.41, 5.74) is 0. The first kappa shape index (κ1) is 102. The Hall–Kier alpha value is -1.94. The summed E-state index contributed by atoms with van der Waals surface area (Å²) in [6.07, 6.45) is 62.8. The number of rotatable bonds is 82. The van der Waals surface area contributed by atoms with E-state index in [4.69, 9.17) is 37.0 Å². The van der Waals surface area contributed by atoms with Gasteiger partial charge in [-0.15, -0.1) is 0 Å². The number of esters is 4. The molecule has 0 aliphatic carbocycles. The fourth-order valence-electron chi connectivity index (χ4n) is 13.1. The summed E-state index contributed by atoms with van der Waals surface area (Å²) in [6, 6.07) is 0. The Morgan fingerprint density at radius 2 is 0.404 bits per heavy atom. The summed E-state index contributed by atoms with van der Waals surface area (Å²) in [5.74, 6) is 0.973. The molecular weight excluding hydrogens is 1350 g/mol. The maximum atomic E-state index is 13.1. The second kappa shape index (κ2) is 73.8. The smallest absolute Gasteiger partial charge is 0.462 e. The zero-order valence-corrected chi connectivity index (χ0v) is 70.5. The van der Waals surface area contributed by atoms with E-state index in [0.717, 1.165) is 114 Å². The zero-order chi connectivity index (χ0) is 76.7. The molecular formula is C85H166O17P2. The lowest BCUT2D eigenvalue weighted by atomic mass is 10.0. The van der Waals surface area contributed by atoms with Gasteiger partial charge in [-0.3, -0.25) is 37.3 Å². The number of unbranched alkanes of at least 4 members (excludes halogenated alkanes) is 48. The van der Waals surface area contributed by atoms with Crippen molar-refractivity contribution >= 4 is 39.5 Å². The van der Waals surface area contributed by atoms with Crippen LogP contribution < -0.4 is 0 Å². The van der Waals surface area contributed by atoms with Crippen molar-refractivity contribution in [1.82, 2.24) is 0 Å². The fraction of sp³-hybridized carbons (Fsp3) is 0.953. The standard InChI is InChI=1S/C85H166O17P2/c1-75(2)61-53-45-37-30-25-21-17-13-9-11-15-19-23-27-33-41-49-57-65-82(87)95-71-80(102-85(90)68-60-52-43-35-29-32-39-47-55-63-77(5)6)73-99-103(91,92)97-69-79(86)70-98-104(93,94)100-74-81(72-96-83(88)66-58-50-44-36-40-48-56-64-78(7)8)101-84(89)67-59-51-42-34-28-24-20-16-12-10-14-18-22-26-31-38-46-54-62-76(3)4/h75-81,86H,9-74H2,1-8H3,(H,91,92)(H,93,94)/t79?,80-,81-/m1/s1. The van der Waals surface area contributed by atoms with Crippen molar-refractivity contribution in [3.8, 4) is 0 Å². The third-order valence-corrected chi connectivity index (χ3v) is 21.7. The van der Waals surface area contributed by atoms with Crippen molar-refractivity contribution in [2.75, 3.05) is 39.6 Å². The first-order chi connectivity index (χ1) is 50.1. The van der Waals surface area contributed by atoms with E-state index in [1.807, 2.05) is 0 Å². The Balaban J connectivity index is 5.15. The highest BCUT2D eigenvalue weighted by Crippen LogP contribution is 2.45. The van der Waals surface area contributed by atoms with Crippen LogP contribution in [0.4, 0.5) is 0 Å². The average molecular weight is 1520 g/mol. The topological polar surface area (TPSA) is 237 Å². The van der Waals surface area contributed by atoms with Gasteiger partial charge in [0.05, 0.1) is 26.4 Å². The monoisotopic (exact) mass is 1520 g/mol. The number of carbonyl (C=O) groups is 4. The molecule has 0 aromatic rings. The molecule has 0 bridgehead atoms. The van der Waals surface area contributed by atoms with Gasteiger partial charge in [-0.05, 0) is 49.4 Å². The molecule has 104 heavy (non-hydrogen) atoms. The molecule has 0 aromatic heterocycles. The first-order valence-corrected chi connectivity index (χ1v) is 46.7. The van der Waals surface area contributed by atoms with Gasteiger partial charge >= 0.3 is 39.5 Å². The molecule has 0 fully saturated rings. The molecule has 0 rings (SSSR count). The Labute approximate surface area is 638 Å². The van der Waals surface area contributed by atoms with Crippen LogP contribution in [0.1, 0.15) is 441 Å². The molecule has 0 aromatic carbocycles. The maximum absolute atomic E-state index is 13.1. The fourth-order valence-corrected chi connectivity index (χ4v) is 14.7. The van der Waals surface area contributed by atoms with E-state index in [1.54, 1.807) is 0 Å². The molecule has 0 saturated carbocycles. The summed E-state index contributed by atoms with van der Waals surface area (Å²) in [7, 11) is -9.93. The van der Waals surface area contributed by atoms with Crippen molar-refractivity contribution in [3.05, 3.63) is 0 Å². The van der Waals surface area contributed by atoms with E-state index in [2.05, 4.69) is 55.4 Å². The molecule has 0 heterocycles. The zero-order valence-electron chi connectivity index (χ0n) is 68.7. The molecule has 0 aliphatic heterocycles. The van der Waals surface area contributed by atoms with Gasteiger partial charge in [0.15, 0.2) is 12.2 Å². The largest absolute Gasteiger partial charge is 0.472 e. The molecule has 3 unspecified atom stereocenters. The van der Waals surface area contributed by atoms with Crippen LogP contribution in [0.2, 0.25) is 0 Å². The second-order valence-electron chi connectivity index (χ2n) is 32.5. The first-order valence-electron chi connectivity index (χ1n) is 43.7. The lowest BCUT2D eigenvalue weighted by Crippen LogP contribution is -2.30. The van der Waals surface area contributed by atoms with Gasteiger partial charge in [-0.1, -0.05) is 389 Å². The molecule has 0 saturated heterocycles. The van der Waals surface area contributed by atoms with Crippen LogP contribution in [0.25, 0.3) is 0 Å². The Morgan fingerprint density at radius 3 is 0.596 bits per heavy atom. The predicted octanol–water partition coefficient (Wildman–Crippen LogP) is 25.6. The van der Waals surface area contributed by atoms with E-state index < -0.39 is 97.5 Å². The highest BCUT2D eigenvalue weighted by atomic mass is 31.2. The molecule has 17 nitrogen and oxygen atoms in total. The molecule has 618 valence electrons. The van der Waals surface area contributed by atoms with Crippen molar-refractivity contribution in [3.63, 3.8) is 0 Å². The molecule has 5 atom stereocenters. The highest BCUT2D eigenvalue weighted by molar-refractivity contribution is 7.47. The molecule has 0 aliphatic rings. The van der Waals surface area contributed by atoms with E-state index in [0.29, 0.717) is 31.6 Å². The van der Waals surface area contributed by atoms with E-state index in [-0.39, 0.29) is 25.7 Å². The normalized spacial score (nSPS) is 14.0. The summed E-state index contributed by atoms with van der Waals surface area (Å²) >= 11 is 0. The minimum Gasteiger partial charge on any atom is -0.462 e. The maximum Gasteiger partial charge on any atom is 0.472 e. The third kappa shape index (κ3) is 78.2. The predicted molar refractivity (Wildman–Crippen MR) is 428 cm³/mol. The number of carbonyl (C=O) groups excluding carboxylic acids is 4. The number of hydrogen-bond donors (Lipinski definition) is 3. The summed E-state index contributed by atoms with van der Waals surface area (Å²) in [4.78, 5) is 73.1. The number of phosphoric acid groups is 2. The summed E-state index contributed by atoms with van der Waals surface area (Å²) in [6.45, 7) is 14.3. The molecule has 0 radical (unpaired) electrons. The highest BCUT2D eigenvalue weighted by Gasteiger charge is 2.30. The Morgan fingerprint density at radius 1 is 0.240 bits per heavy atom. The van der Waals surface area contributed by atoms with Crippen LogP contribution in [0, 0.1) is 23.7 Å². The molecule has 0 amide bonds. The van der Waals surface area contributed by atoms with Gasteiger partial charge in [-0.25, -0.2) is 9.13 Å². The van der Waals surface area contributed by atoms with E-state index >= 15 is 0 Å². The third-order valence-electron chi connectivity index (χ3n) is 19.8. The lowest BCUT2D eigenvalue weighted by molar-refractivity contribution is -0.161. The lowest BCUT2D eigenvalue weighted by Gasteiger charge is -2.21. The van der Waals surface area contributed by atoms with Gasteiger partial charge in [0.2, 0.25) is 0 Å². The SMILES string of the molecule is CC(C)CCCCCCCCCCCCCCCCCCCCC(=O)OC[C@H](COP(=O)(O)OCC(O)COP(=O)(O)OC[C@@H](COC(=O)CCCCCCCCCC(C)C)OC(=O)CCCCCCCCCCCCCCCCCCCCC(C)C)OC(=O)CCCCCCCCCCCC(C)C. The number of aliphatic hydroxyl groups excluding tert-OH is 1. The minimum absolute atomic E-state index is 0.106. The van der Waals surface area contributed by atoms with Gasteiger partial charge in [0.1, 0.15) is 19.3 Å². The van der Waals surface area contributed by atoms with Crippen LogP contribution in [-0.2, 0) is 65.4 Å². The van der Waals surface area contributed by atoms with Crippen LogP contribution >= 0.6 is 15.6 Å². The van der Waals surface area contributed by atoms with Crippen molar-refractivity contribution in [1.29, 1.82) is 0 Å². The Bertz CT molecular complexity index is 2020. The number of ether oxygens (including phenoxy) is 4. The van der Waals surface area contributed by atoms with Gasteiger partial charge < -0.3 is 33.8 Å². The summed E-state index contributed by atoms with van der Waals surface area (Å²) < 4.78 is 68.8. The van der Waals surface area contributed by atoms with E-state index in [1.165, 1.54) is 238 Å². The van der Waals surface area contributed by atoms with Crippen LogP contribution in [0.5, 0.6) is 0 Å². The number of phosphoric ester groups is 2. The quantitative estimate of drug-likeness (QED) is 0.0222. The van der Waals surface area contributed by atoms with Crippen LogP contribution in [0.3, 0.4) is 0 Å². The van der Waals surface area contributed by atoms with Crippen molar-refractivity contribution < 1.29 is 80.2 Å². The van der Waals surface area contributed by atoms with Crippen LogP contribution in [-0.4, -0.2) is 96.7 Å². The second-order valence-corrected chi connectivity index (χ2v) is 35.4. The Kier molecular flexibility index (Phi) is 72.5. The number of aliphatic hydroxyl groups is 1. The molecule has 19 heteroatoms. The average Bonchev–Trinajstić information content (AvgIpc) is 0.909. The minimum atomic E-state index is -4.96. The van der Waals surface area contributed by atoms with Crippen molar-refractivity contribution in [2.24, 2.45) is 23.7 Å². The van der Waals surface area contributed by atoms with Gasteiger partial charge in [0, 0.05) is 25.7 Å². The van der Waals surface area contributed by atoms with E-state index in [9.17, 15) is 43.2 Å². The number of hydrogen-bond acceptors (Lipinski definition) is 15. The van der Waals surface area contributed by atoms with Gasteiger partial charge in [-0.2, -0.15) is 0 Å².